The number of hydrogen-bond acceptors (Lipinski definition) is 12. The van der Waals surface area contributed by atoms with E-state index in [-0.39, 0.29) is 29.2 Å². The molecule has 0 fully saturated rings. The molecule has 1 heterocycles. The van der Waals surface area contributed by atoms with Gasteiger partial charge in [0.25, 0.3) is 11.7 Å². The summed E-state index contributed by atoms with van der Waals surface area (Å²) in [6.45, 7) is 10.3. The smallest absolute Gasteiger partial charge is 0.377 e. The Morgan fingerprint density at radius 3 is 1.82 bits per heavy atom. The van der Waals surface area contributed by atoms with Gasteiger partial charge < -0.3 is 29.2 Å². The van der Waals surface area contributed by atoms with Crippen LogP contribution in [0.2, 0.25) is 0 Å². The van der Waals surface area contributed by atoms with Crippen molar-refractivity contribution in [3.8, 4) is 17.2 Å². The van der Waals surface area contributed by atoms with Gasteiger partial charge in [-0.2, -0.15) is 0 Å². The van der Waals surface area contributed by atoms with Crippen molar-refractivity contribution < 1.29 is 57.3 Å². The molecule has 0 bridgehead atoms. The molecule has 0 aliphatic carbocycles. The van der Waals surface area contributed by atoms with Crippen molar-refractivity contribution in [2.24, 2.45) is 5.92 Å². The van der Waals surface area contributed by atoms with Crippen LogP contribution >= 0.6 is 0 Å². The topological polar surface area (TPSA) is 192 Å². The number of nitrogens with one attached hydrogen (secondary N) is 1. The molecule has 15 nitrogen and oxygen atoms in total. The first kappa shape index (κ1) is 39.6. The number of Topliss-reactive ketones (excluding diaryl/α,β-unsaturated/α-hetero) is 1. The highest BCUT2D eigenvalue weighted by Crippen LogP contribution is 2.42. The highest BCUT2D eigenvalue weighted by Gasteiger charge is 2.41. The molecule has 0 radical (unpaired) electrons. The van der Waals surface area contributed by atoms with Crippen LogP contribution in [0, 0.1) is 5.92 Å². The van der Waals surface area contributed by atoms with Crippen LogP contribution in [-0.2, 0) is 49.5 Å². The molecule has 15 heteroatoms. The molecule has 0 saturated carbocycles. The van der Waals surface area contributed by atoms with Crippen molar-refractivity contribution >= 4 is 53.1 Å². The summed E-state index contributed by atoms with van der Waals surface area (Å²) in [5, 5.41) is 2.56. The van der Waals surface area contributed by atoms with Crippen LogP contribution in [0.3, 0.4) is 0 Å². The summed E-state index contributed by atoms with van der Waals surface area (Å²) in [6.07, 6.45) is 0.632. The van der Waals surface area contributed by atoms with Gasteiger partial charge in [0.05, 0.1) is 11.8 Å². The molecule has 1 unspecified atom stereocenters. The Bertz CT molecular complexity index is 1710. The zero-order chi connectivity index (χ0) is 38.2. The van der Waals surface area contributed by atoms with Crippen molar-refractivity contribution in [3.63, 3.8) is 0 Å². The van der Waals surface area contributed by atoms with E-state index in [4.69, 9.17) is 18.9 Å². The van der Waals surface area contributed by atoms with Gasteiger partial charge in [-0.15, -0.1) is 0 Å². The summed E-state index contributed by atoms with van der Waals surface area (Å²) < 4.78 is 20.9. The number of amides is 3. The Labute approximate surface area is 294 Å². The maximum atomic E-state index is 14.2. The monoisotopic (exact) mass is 707 g/mol. The van der Waals surface area contributed by atoms with Crippen LogP contribution in [0.4, 0.5) is 0 Å². The molecule has 3 rings (SSSR count). The van der Waals surface area contributed by atoms with E-state index in [1.54, 1.807) is 58.0 Å². The first-order valence-electron chi connectivity index (χ1n) is 16.0. The number of nitrogens with zero attached hydrogens (tertiary/aromatic N) is 2. The number of esters is 4. The minimum Gasteiger partial charge on any atom is -0.457 e. The fourth-order valence-electron chi connectivity index (χ4n) is 5.25. The molecular weight excluding hydrogens is 666 g/mol. The molecule has 3 amide bonds. The van der Waals surface area contributed by atoms with Gasteiger partial charge in [-0.05, 0) is 37.5 Å². The molecule has 1 aliphatic rings. The molecule has 2 aromatic rings. The first-order valence-corrected chi connectivity index (χ1v) is 16.0. The van der Waals surface area contributed by atoms with Crippen LogP contribution in [0.15, 0.2) is 48.7 Å². The van der Waals surface area contributed by atoms with E-state index in [1.165, 1.54) is 30.2 Å². The van der Waals surface area contributed by atoms with Gasteiger partial charge in [-0.25, -0.2) is 4.79 Å². The Kier molecular flexibility index (Phi) is 13.3. The largest absolute Gasteiger partial charge is 0.457 e. The lowest BCUT2D eigenvalue weighted by Crippen LogP contribution is -2.57. The molecular formula is C36H41N3O12. The normalized spacial score (nSPS) is 14.7. The Hall–Kier alpha value is -5.86. The second-order valence-corrected chi connectivity index (χ2v) is 12.3. The lowest BCUT2D eigenvalue weighted by molar-refractivity contribution is -0.157. The second kappa shape index (κ2) is 17.2. The zero-order valence-electron chi connectivity index (χ0n) is 29.6. The van der Waals surface area contributed by atoms with Crippen molar-refractivity contribution in [2.75, 3.05) is 6.54 Å². The molecule has 1 N–H and O–H groups in total. The average Bonchev–Trinajstić information content (AvgIpc) is 3.01. The quantitative estimate of drug-likeness (QED) is 0.182. The van der Waals surface area contributed by atoms with E-state index in [2.05, 4.69) is 5.32 Å². The summed E-state index contributed by atoms with van der Waals surface area (Å²) in [6, 6.07) is 8.59. The Morgan fingerprint density at radius 2 is 1.35 bits per heavy atom. The number of ether oxygens (including phenoxy) is 4. The van der Waals surface area contributed by atoms with E-state index in [1.807, 2.05) is 0 Å². The van der Waals surface area contributed by atoms with Gasteiger partial charge in [-0.3, -0.25) is 38.5 Å². The third kappa shape index (κ3) is 10.6. The van der Waals surface area contributed by atoms with Crippen LogP contribution in [0.25, 0.3) is 5.70 Å². The second-order valence-electron chi connectivity index (χ2n) is 12.3. The van der Waals surface area contributed by atoms with Crippen molar-refractivity contribution in [2.45, 2.75) is 80.0 Å². The predicted octanol–water partition coefficient (Wildman–Crippen LogP) is 2.72. The molecule has 0 aromatic heterocycles. The van der Waals surface area contributed by atoms with E-state index in [0.29, 0.717) is 5.56 Å². The van der Waals surface area contributed by atoms with Crippen molar-refractivity contribution in [1.82, 2.24) is 15.1 Å². The van der Waals surface area contributed by atoms with Crippen LogP contribution < -0.4 is 19.5 Å². The van der Waals surface area contributed by atoms with Gasteiger partial charge in [0.2, 0.25) is 17.6 Å². The molecule has 2 aromatic carbocycles. The highest BCUT2D eigenvalue weighted by atomic mass is 16.6. The maximum Gasteiger partial charge on any atom is 0.377 e. The molecule has 0 spiro atoms. The zero-order valence-corrected chi connectivity index (χ0v) is 29.6. The Balaban J connectivity index is 2.17. The third-order valence-electron chi connectivity index (χ3n) is 7.22. The van der Waals surface area contributed by atoms with Crippen molar-refractivity contribution in [3.05, 3.63) is 59.8 Å². The molecule has 0 saturated heterocycles. The summed E-state index contributed by atoms with van der Waals surface area (Å²) in [5.74, 6) is -8.34. The molecule has 2 atom stereocenters. The third-order valence-corrected chi connectivity index (χ3v) is 7.22. The number of ketones is 1. The summed E-state index contributed by atoms with van der Waals surface area (Å²) in [4.78, 5) is 105. The molecule has 272 valence electrons. The Morgan fingerprint density at radius 1 is 0.804 bits per heavy atom. The lowest BCUT2D eigenvalue weighted by atomic mass is 9.96. The van der Waals surface area contributed by atoms with Gasteiger partial charge in [0.1, 0.15) is 18.6 Å². The fraction of sp³-hybridized carbons (Fsp3) is 0.389. The number of rotatable bonds is 13. The lowest BCUT2D eigenvalue weighted by Gasteiger charge is -2.40. The van der Waals surface area contributed by atoms with Gasteiger partial charge in [0, 0.05) is 45.9 Å². The SMILES string of the molecule is CC(=O)Oc1cc(C2=CN(C(C)=O)C(C(C)C)C(=O)N2CC(=O)N[C@@H](Cc2ccccc2)C(=O)C(=O)OC(C)C)cc(OC(C)=O)c1OC(C)=O. The van der Waals surface area contributed by atoms with E-state index in [0.717, 1.165) is 25.7 Å². The minimum absolute atomic E-state index is 0.00503. The number of carbonyl (C=O) groups excluding carboxylic acids is 8. The molecule has 51 heavy (non-hydrogen) atoms. The highest BCUT2D eigenvalue weighted by molar-refractivity contribution is 6.36. The summed E-state index contributed by atoms with van der Waals surface area (Å²) >= 11 is 0. The average molecular weight is 708 g/mol. The summed E-state index contributed by atoms with van der Waals surface area (Å²) in [5.41, 5.74) is 0.554. The van der Waals surface area contributed by atoms with Gasteiger partial charge >= 0.3 is 23.9 Å². The molecule has 1 aliphatic heterocycles. The van der Waals surface area contributed by atoms with Crippen LogP contribution in [0.1, 0.15) is 66.5 Å². The van der Waals surface area contributed by atoms with E-state index in [9.17, 15) is 38.4 Å². The van der Waals surface area contributed by atoms with Gasteiger partial charge in [-0.1, -0.05) is 44.2 Å². The predicted molar refractivity (Wildman–Crippen MR) is 180 cm³/mol. The standard InChI is InChI=1S/C36H41N3O12/c1-19(2)32-35(46)39(18-31(44)37-27(14-25-12-10-9-11-13-25)33(45)36(47)48-20(3)4)28(17-38(32)21(5)40)26-15-29(49-22(6)41)34(51-24(8)43)30(16-26)50-23(7)42/h9-13,15-17,19-20,27,32H,14,18H2,1-8H3,(H,37,44)/t27-,32?/m0/s1. The fourth-order valence-corrected chi connectivity index (χ4v) is 5.25. The minimum atomic E-state index is -1.37. The van der Waals surface area contributed by atoms with Crippen LogP contribution in [0.5, 0.6) is 17.2 Å². The maximum absolute atomic E-state index is 14.2. The summed E-state index contributed by atoms with van der Waals surface area (Å²) in [7, 11) is 0. The van der Waals surface area contributed by atoms with E-state index >= 15 is 0 Å². The number of benzene rings is 2. The van der Waals surface area contributed by atoms with Crippen molar-refractivity contribution in [1.29, 1.82) is 0 Å². The van der Waals surface area contributed by atoms with Gasteiger partial charge in [0.15, 0.2) is 11.5 Å². The van der Waals surface area contributed by atoms with E-state index < -0.39 is 83.8 Å². The first-order chi connectivity index (χ1) is 23.9. The number of carbonyl (C=O) groups is 8. The number of hydrogen-bond donors (Lipinski definition) is 1. The van der Waals surface area contributed by atoms with Crippen LogP contribution in [-0.4, -0.2) is 81.9 Å².